The van der Waals surface area contributed by atoms with Crippen LogP contribution in [0.1, 0.15) is 10.4 Å². The second-order valence-electron chi connectivity index (χ2n) is 9.97. The van der Waals surface area contributed by atoms with E-state index in [2.05, 4.69) is 20.3 Å². The summed E-state index contributed by atoms with van der Waals surface area (Å²) in [6.45, 7) is 3.88. The third-order valence-corrected chi connectivity index (χ3v) is 9.03. The molecule has 1 atom stereocenters. The number of thiazole rings is 1. The van der Waals surface area contributed by atoms with Crippen molar-refractivity contribution in [1.82, 2.24) is 29.4 Å². The molecular formula is C27H29FN8O4S2. The van der Waals surface area contributed by atoms with E-state index in [1.54, 1.807) is 41.4 Å². The lowest BCUT2D eigenvalue weighted by Gasteiger charge is -2.36. The Labute approximate surface area is 246 Å². The Balaban J connectivity index is 1.10. The molecule has 12 nitrogen and oxygen atoms in total. The SMILES string of the molecule is C[S@](=O)CCNC(=O)c1ccc(N2CCN(CCn3c(=O)sc4c3nc(N)n3nc(-c5ccco5)cc43)CC2)c(F)c1. The average molecular weight is 613 g/mol. The van der Waals surface area contributed by atoms with E-state index in [0.29, 0.717) is 78.0 Å². The molecule has 42 heavy (non-hydrogen) atoms. The van der Waals surface area contributed by atoms with Gasteiger partial charge >= 0.3 is 4.87 Å². The third-order valence-electron chi connectivity index (χ3n) is 7.26. The van der Waals surface area contributed by atoms with Gasteiger partial charge in [-0.05, 0) is 36.4 Å². The van der Waals surface area contributed by atoms with Crippen LogP contribution in [0.5, 0.6) is 0 Å². The van der Waals surface area contributed by atoms with Gasteiger partial charge in [-0.3, -0.25) is 23.3 Å². The standard InChI is InChI=1S/C27H29FN8O4S2/c1-42(39)14-6-30-25(37)17-4-5-20(18(28)15-17)34-10-7-33(8-11-34)9-12-35-24-23(41-27(35)38)21-16-19(22-3-2-13-40-22)32-36(21)26(29)31-24/h2-5,13,15-16H,6-12,14H2,1H3,(H2,29,31)(H,30,37)/t42-/m0/s1. The Morgan fingerprint density at radius 2 is 2.00 bits per heavy atom. The minimum atomic E-state index is -1.01. The van der Waals surface area contributed by atoms with Crippen LogP contribution >= 0.6 is 11.3 Å². The number of fused-ring (bicyclic) bond motifs is 3. The second-order valence-corrected chi connectivity index (χ2v) is 12.5. The predicted octanol–water partition coefficient (Wildman–Crippen LogP) is 2.02. The molecule has 1 amide bonds. The van der Waals surface area contributed by atoms with E-state index in [9.17, 15) is 18.2 Å². The summed E-state index contributed by atoms with van der Waals surface area (Å²) in [5.41, 5.74) is 8.71. The fraction of sp³-hybridized carbons (Fsp3) is 0.333. The smallest absolute Gasteiger partial charge is 0.309 e. The van der Waals surface area contributed by atoms with Gasteiger partial charge in [0.2, 0.25) is 5.95 Å². The van der Waals surface area contributed by atoms with Crippen molar-refractivity contribution in [3.63, 3.8) is 0 Å². The fourth-order valence-corrected chi connectivity index (χ4v) is 6.41. The van der Waals surface area contributed by atoms with E-state index in [4.69, 9.17) is 10.2 Å². The zero-order valence-corrected chi connectivity index (χ0v) is 24.4. The molecule has 1 saturated heterocycles. The first kappa shape index (κ1) is 28.1. The van der Waals surface area contributed by atoms with Crippen molar-refractivity contribution in [2.75, 3.05) is 61.9 Å². The van der Waals surface area contributed by atoms with E-state index in [0.717, 1.165) is 11.3 Å². The van der Waals surface area contributed by atoms with Gasteiger partial charge in [0.05, 0.1) is 17.5 Å². The van der Waals surface area contributed by atoms with E-state index in [-0.39, 0.29) is 22.9 Å². The van der Waals surface area contributed by atoms with E-state index < -0.39 is 22.5 Å². The zero-order chi connectivity index (χ0) is 29.4. The normalized spacial score (nSPS) is 15.0. The number of amides is 1. The van der Waals surface area contributed by atoms with Gasteiger partial charge in [-0.1, -0.05) is 11.3 Å². The lowest BCUT2D eigenvalue weighted by molar-refractivity contribution is 0.0955. The van der Waals surface area contributed by atoms with Crippen LogP contribution in [0.15, 0.2) is 51.9 Å². The Kier molecular flexibility index (Phi) is 7.79. The summed E-state index contributed by atoms with van der Waals surface area (Å²) >= 11 is 1.11. The number of hydrogen-bond donors (Lipinski definition) is 2. The molecule has 0 radical (unpaired) electrons. The lowest BCUT2D eigenvalue weighted by Crippen LogP contribution is -2.47. The van der Waals surface area contributed by atoms with E-state index >= 15 is 0 Å². The number of nitrogens with one attached hydrogen (secondary N) is 1. The molecule has 1 aromatic carbocycles. The summed E-state index contributed by atoms with van der Waals surface area (Å²) in [5, 5.41) is 7.15. The van der Waals surface area contributed by atoms with Crippen molar-refractivity contribution in [3.05, 3.63) is 63.7 Å². The summed E-state index contributed by atoms with van der Waals surface area (Å²) in [6.07, 6.45) is 3.13. The highest BCUT2D eigenvalue weighted by atomic mass is 32.2. The highest BCUT2D eigenvalue weighted by molar-refractivity contribution is 7.84. The number of carbonyl (C=O) groups excluding carboxylic acids is 1. The van der Waals surface area contributed by atoms with Crippen molar-refractivity contribution in [2.24, 2.45) is 0 Å². The molecule has 15 heteroatoms. The second kappa shape index (κ2) is 11.7. The summed E-state index contributed by atoms with van der Waals surface area (Å²) in [5.74, 6) is 0.269. The van der Waals surface area contributed by atoms with Crippen LogP contribution in [0.4, 0.5) is 16.0 Å². The molecule has 5 aromatic rings. The number of nitrogens with zero attached hydrogens (tertiary/aromatic N) is 6. The van der Waals surface area contributed by atoms with Gasteiger partial charge in [0.15, 0.2) is 11.4 Å². The molecule has 1 fully saturated rings. The van der Waals surface area contributed by atoms with Crippen molar-refractivity contribution < 1.29 is 17.8 Å². The van der Waals surface area contributed by atoms with Gasteiger partial charge in [-0.2, -0.15) is 14.6 Å². The Morgan fingerprint density at radius 1 is 1.19 bits per heavy atom. The number of aromatic nitrogens is 4. The van der Waals surface area contributed by atoms with Crippen molar-refractivity contribution in [2.45, 2.75) is 6.54 Å². The number of hydrogen-bond acceptors (Lipinski definition) is 10. The number of carbonyl (C=O) groups is 1. The van der Waals surface area contributed by atoms with Crippen molar-refractivity contribution in [3.8, 4) is 11.5 Å². The molecule has 4 aromatic heterocycles. The highest BCUT2D eigenvalue weighted by Crippen LogP contribution is 2.28. The first-order chi connectivity index (χ1) is 20.3. The summed E-state index contributed by atoms with van der Waals surface area (Å²) in [7, 11) is -1.01. The van der Waals surface area contributed by atoms with Crippen LogP contribution in [-0.4, -0.2) is 85.5 Å². The molecule has 0 unspecified atom stereocenters. The molecule has 0 aliphatic carbocycles. The number of nitrogens with two attached hydrogens (primary N) is 1. The van der Waals surface area contributed by atoms with Gasteiger partial charge in [-0.25, -0.2) is 4.39 Å². The summed E-state index contributed by atoms with van der Waals surface area (Å²) < 4.78 is 35.5. The maximum absolute atomic E-state index is 14.9. The average Bonchev–Trinajstić information content (AvgIpc) is 3.71. The van der Waals surface area contributed by atoms with Crippen molar-refractivity contribution >= 4 is 55.5 Å². The van der Waals surface area contributed by atoms with Crippen LogP contribution in [0, 0.1) is 5.82 Å². The van der Waals surface area contributed by atoms with Gasteiger partial charge in [0.1, 0.15) is 16.2 Å². The van der Waals surface area contributed by atoms with Crippen LogP contribution in [0.3, 0.4) is 0 Å². The largest absolute Gasteiger partial charge is 0.463 e. The number of piperazine rings is 1. The molecule has 220 valence electrons. The van der Waals surface area contributed by atoms with Crippen LogP contribution in [-0.2, 0) is 17.3 Å². The monoisotopic (exact) mass is 612 g/mol. The van der Waals surface area contributed by atoms with E-state index in [1.807, 2.05) is 11.0 Å². The topological polar surface area (TPSA) is 144 Å². The van der Waals surface area contributed by atoms with Gasteiger partial charge in [0, 0.05) is 74.2 Å². The molecule has 6 rings (SSSR count). The van der Waals surface area contributed by atoms with Crippen LogP contribution < -0.4 is 20.8 Å². The minimum absolute atomic E-state index is 0.126. The molecule has 5 heterocycles. The summed E-state index contributed by atoms with van der Waals surface area (Å²) in [6, 6.07) is 9.89. The number of anilines is 2. The number of nitrogen functional groups attached to an aromatic ring is 1. The van der Waals surface area contributed by atoms with Crippen LogP contribution in [0.25, 0.3) is 27.3 Å². The quantitative estimate of drug-likeness (QED) is 0.256. The third kappa shape index (κ3) is 5.54. The molecule has 0 bridgehead atoms. The molecule has 0 saturated carbocycles. The predicted molar refractivity (Wildman–Crippen MR) is 161 cm³/mol. The lowest BCUT2D eigenvalue weighted by atomic mass is 10.1. The van der Waals surface area contributed by atoms with Gasteiger partial charge < -0.3 is 20.4 Å². The molecule has 0 spiro atoms. The molecule has 3 N–H and O–H groups in total. The first-order valence-corrected chi connectivity index (χ1v) is 15.9. The zero-order valence-electron chi connectivity index (χ0n) is 22.8. The molecular weight excluding hydrogens is 583 g/mol. The molecule has 1 aliphatic rings. The first-order valence-electron chi connectivity index (χ1n) is 13.4. The van der Waals surface area contributed by atoms with Gasteiger partial charge in [0.25, 0.3) is 5.91 Å². The number of furan rings is 1. The van der Waals surface area contributed by atoms with Gasteiger partial charge in [-0.15, -0.1) is 0 Å². The fourth-order valence-electron chi connectivity index (χ4n) is 5.06. The Bertz CT molecular complexity index is 1840. The highest BCUT2D eigenvalue weighted by Gasteiger charge is 2.22. The minimum Gasteiger partial charge on any atom is -0.463 e. The Hall–Kier alpha value is -4.08. The molecule has 1 aliphatic heterocycles. The number of benzene rings is 1. The van der Waals surface area contributed by atoms with Crippen molar-refractivity contribution in [1.29, 1.82) is 0 Å². The van der Waals surface area contributed by atoms with E-state index in [1.165, 1.54) is 10.6 Å². The maximum Gasteiger partial charge on any atom is 0.309 e. The Morgan fingerprint density at radius 3 is 2.71 bits per heavy atom. The number of rotatable bonds is 9. The maximum atomic E-state index is 14.9. The van der Waals surface area contributed by atoms with Crippen LogP contribution in [0.2, 0.25) is 0 Å². The summed E-state index contributed by atoms with van der Waals surface area (Å²) in [4.78, 5) is 33.8. The number of halogens is 1.